The van der Waals surface area contributed by atoms with Crippen LogP contribution >= 0.6 is 11.8 Å². The lowest BCUT2D eigenvalue weighted by molar-refractivity contribution is -0.113. The number of thioether (sulfide) groups is 1. The molecule has 0 spiro atoms. The Morgan fingerprint density at radius 3 is 3.05 bits per heavy atom. The van der Waals surface area contributed by atoms with E-state index in [9.17, 15) is 9.59 Å². The van der Waals surface area contributed by atoms with Crippen LogP contribution in [0.3, 0.4) is 0 Å². The van der Waals surface area contributed by atoms with Gasteiger partial charge < -0.3 is 10.2 Å². The third kappa shape index (κ3) is 2.99. The minimum atomic E-state index is -0.0866. The lowest BCUT2D eigenvalue weighted by Gasteiger charge is -2.20. The van der Waals surface area contributed by atoms with Gasteiger partial charge in [0, 0.05) is 42.9 Å². The third-order valence-electron chi connectivity index (χ3n) is 3.38. The molecule has 0 unspecified atom stereocenters. The number of rotatable bonds is 3. The number of carbonyl (C=O) groups excluding carboxylic acids is 2. The highest BCUT2D eigenvalue weighted by atomic mass is 32.2. The summed E-state index contributed by atoms with van der Waals surface area (Å²) in [6, 6.07) is 5.41. The molecular weight excluding hydrogens is 300 g/mol. The van der Waals surface area contributed by atoms with Gasteiger partial charge in [-0.05, 0) is 18.2 Å². The lowest BCUT2D eigenvalue weighted by Crippen LogP contribution is -2.26. The normalized spacial score (nSPS) is 13.5. The molecule has 0 saturated carbocycles. The number of anilines is 1. The Morgan fingerprint density at radius 1 is 1.50 bits per heavy atom. The molecule has 2 heterocycles. The highest BCUT2D eigenvalue weighted by Gasteiger charge is 2.19. The molecule has 2 aromatic rings. The summed E-state index contributed by atoms with van der Waals surface area (Å²) in [5.74, 6) is 0.295. The van der Waals surface area contributed by atoms with Gasteiger partial charge in [-0.2, -0.15) is 5.10 Å². The Labute approximate surface area is 132 Å². The van der Waals surface area contributed by atoms with E-state index in [1.165, 1.54) is 11.8 Å². The maximum Gasteiger partial charge on any atom is 0.253 e. The molecule has 1 aromatic carbocycles. The maximum atomic E-state index is 12.5. The van der Waals surface area contributed by atoms with E-state index < -0.39 is 0 Å². The van der Waals surface area contributed by atoms with Crippen LogP contribution < -0.4 is 5.32 Å². The molecule has 1 aliphatic heterocycles. The van der Waals surface area contributed by atoms with Crippen molar-refractivity contribution in [3.8, 4) is 0 Å². The van der Waals surface area contributed by atoms with Crippen molar-refractivity contribution >= 4 is 29.3 Å². The summed E-state index contributed by atoms with van der Waals surface area (Å²) in [6.07, 6.45) is 3.63. The quantitative estimate of drug-likeness (QED) is 0.936. The van der Waals surface area contributed by atoms with E-state index in [1.54, 1.807) is 35.0 Å². The minimum absolute atomic E-state index is 0.0363. The second-order valence-electron chi connectivity index (χ2n) is 5.23. The average molecular weight is 316 g/mol. The zero-order chi connectivity index (χ0) is 15.7. The molecule has 0 atom stereocenters. The molecule has 2 amide bonds. The molecule has 0 saturated heterocycles. The molecule has 0 bridgehead atoms. The number of aryl methyl sites for hydroxylation is 1. The number of hydrogen-bond acceptors (Lipinski definition) is 4. The number of benzene rings is 1. The Hall–Kier alpha value is -2.28. The fourth-order valence-electron chi connectivity index (χ4n) is 2.34. The van der Waals surface area contributed by atoms with E-state index in [-0.39, 0.29) is 11.8 Å². The lowest BCUT2D eigenvalue weighted by atomic mass is 10.1. The van der Waals surface area contributed by atoms with Crippen molar-refractivity contribution in [3.05, 3.63) is 41.7 Å². The largest absolute Gasteiger partial charge is 0.337 e. The summed E-state index contributed by atoms with van der Waals surface area (Å²) >= 11 is 1.48. The Balaban J connectivity index is 1.77. The van der Waals surface area contributed by atoms with E-state index in [2.05, 4.69) is 10.4 Å². The van der Waals surface area contributed by atoms with E-state index in [1.807, 2.05) is 19.3 Å². The van der Waals surface area contributed by atoms with Gasteiger partial charge >= 0.3 is 0 Å². The SMILES string of the molecule is CN(Cc1cnn(C)c1)C(=O)c1ccc2c(c1)NC(=O)CS2. The van der Waals surface area contributed by atoms with Crippen LogP contribution in [-0.2, 0) is 18.4 Å². The van der Waals surface area contributed by atoms with E-state index in [0.717, 1.165) is 10.5 Å². The smallest absolute Gasteiger partial charge is 0.253 e. The number of hydrogen-bond donors (Lipinski definition) is 1. The Kier molecular flexibility index (Phi) is 3.89. The Bertz CT molecular complexity index is 741. The van der Waals surface area contributed by atoms with E-state index in [4.69, 9.17) is 0 Å². The molecule has 0 aliphatic carbocycles. The molecule has 0 radical (unpaired) electrons. The molecular formula is C15H16N4O2S. The van der Waals surface area contributed by atoms with Gasteiger partial charge in [-0.25, -0.2) is 0 Å². The molecule has 1 N–H and O–H groups in total. The summed E-state index contributed by atoms with van der Waals surface area (Å²) in [7, 11) is 3.59. The molecule has 6 nitrogen and oxygen atoms in total. The van der Waals surface area contributed by atoms with Gasteiger partial charge in [0.15, 0.2) is 0 Å². The molecule has 22 heavy (non-hydrogen) atoms. The minimum Gasteiger partial charge on any atom is -0.337 e. The zero-order valence-corrected chi connectivity index (χ0v) is 13.2. The highest BCUT2D eigenvalue weighted by molar-refractivity contribution is 8.00. The predicted molar refractivity (Wildman–Crippen MR) is 84.8 cm³/mol. The number of nitrogens with one attached hydrogen (secondary N) is 1. The summed E-state index contributed by atoms with van der Waals surface area (Å²) in [4.78, 5) is 26.6. The topological polar surface area (TPSA) is 67.2 Å². The van der Waals surface area contributed by atoms with Gasteiger partial charge in [-0.15, -0.1) is 11.8 Å². The van der Waals surface area contributed by atoms with Crippen LogP contribution in [0.25, 0.3) is 0 Å². The van der Waals surface area contributed by atoms with E-state index in [0.29, 0.717) is 23.5 Å². The third-order valence-corrected chi connectivity index (χ3v) is 4.46. The van der Waals surface area contributed by atoms with Crippen LogP contribution in [-0.4, -0.2) is 39.3 Å². The maximum absolute atomic E-state index is 12.5. The van der Waals surface area contributed by atoms with Crippen LogP contribution in [0, 0.1) is 0 Å². The van der Waals surface area contributed by atoms with Crippen LogP contribution in [0.2, 0.25) is 0 Å². The molecule has 7 heteroatoms. The van der Waals surface area contributed by atoms with Crippen molar-refractivity contribution in [2.45, 2.75) is 11.4 Å². The first-order chi connectivity index (χ1) is 10.5. The molecule has 1 aromatic heterocycles. The Morgan fingerprint density at radius 2 is 2.32 bits per heavy atom. The monoisotopic (exact) mass is 316 g/mol. The van der Waals surface area contributed by atoms with Crippen LogP contribution in [0.15, 0.2) is 35.5 Å². The van der Waals surface area contributed by atoms with Crippen molar-refractivity contribution < 1.29 is 9.59 Å². The van der Waals surface area contributed by atoms with Crippen molar-refractivity contribution in [1.29, 1.82) is 0 Å². The molecule has 1 aliphatic rings. The van der Waals surface area contributed by atoms with Crippen molar-refractivity contribution in [1.82, 2.24) is 14.7 Å². The summed E-state index contributed by atoms with van der Waals surface area (Å²) in [6.45, 7) is 0.491. The number of fused-ring (bicyclic) bond motifs is 1. The molecule has 0 fully saturated rings. The van der Waals surface area contributed by atoms with Crippen LogP contribution in [0.5, 0.6) is 0 Å². The number of aromatic nitrogens is 2. The highest BCUT2D eigenvalue weighted by Crippen LogP contribution is 2.32. The summed E-state index contributed by atoms with van der Waals surface area (Å²) in [5, 5.41) is 6.90. The van der Waals surface area contributed by atoms with Gasteiger partial charge in [-0.3, -0.25) is 14.3 Å². The fourth-order valence-corrected chi connectivity index (χ4v) is 3.12. The molecule has 3 rings (SSSR count). The van der Waals surface area contributed by atoms with Crippen LogP contribution in [0.1, 0.15) is 15.9 Å². The first-order valence-corrected chi connectivity index (χ1v) is 7.81. The number of nitrogens with zero attached hydrogens (tertiary/aromatic N) is 3. The first kappa shape index (κ1) is 14.6. The number of carbonyl (C=O) groups is 2. The second kappa shape index (κ2) is 5.84. The van der Waals surface area contributed by atoms with Crippen molar-refractivity contribution in [2.24, 2.45) is 7.05 Å². The second-order valence-corrected chi connectivity index (χ2v) is 6.25. The molecule has 114 valence electrons. The average Bonchev–Trinajstić information content (AvgIpc) is 2.90. The fraction of sp³-hybridized carbons (Fsp3) is 0.267. The first-order valence-electron chi connectivity index (χ1n) is 6.82. The summed E-state index contributed by atoms with van der Waals surface area (Å²) < 4.78 is 1.71. The van der Waals surface area contributed by atoms with Gasteiger partial charge in [0.25, 0.3) is 5.91 Å². The van der Waals surface area contributed by atoms with Crippen molar-refractivity contribution in [3.63, 3.8) is 0 Å². The van der Waals surface area contributed by atoms with E-state index >= 15 is 0 Å². The zero-order valence-electron chi connectivity index (χ0n) is 12.4. The standard InChI is InChI=1S/C15H16N4O2S/c1-18(7-10-6-16-19(2)8-10)15(21)11-3-4-13-12(5-11)17-14(20)9-22-13/h3-6,8H,7,9H2,1-2H3,(H,17,20). The van der Waals surface area contributed by atoms with Gasteiger partial charge in [0.05, 0.1) is 17.6 Å². The van der Waals surface area contributed by atoms with Crippen molar-refractivity contribution in [2.75, 3.05) is 18.1 Å². The van der Waals surface area contributed by atoms with Gasteiger partial charge in [0.1, 0.15) is 0 Å². The van der Waals surface area contributed by atoms with Gasteiger partial charge in [-0.1, -0.05) is 0 Å². The van der Waals surface area contributed by atoms with Gasteiger partial charge in [0.2, 0.25) is 5.91 Å². The number of amides is 2. The summed E-state index contributed by atoms with van der Waals surface area (Å²) in [5.41, 5.74) is 2.25. The predicted octanol–water partition coefficient (Wildman–Crippen LogP) is 1.74. The van der Waals surface area contributed by atoms with Crippen LogP contribution in [0.4, 0.5) is 5.69 Å².